The molecule has 1 rings (SSSR count). The molecule has 0 amide bonds. The van der Waals surface area contributed by atoms with Gasteiger partial charge in [0.1, 0.15) is 0 Å². The van der Waals surface area contributed by atoms with Crippen LogP contribution in [0.25, 0.3) is 0 Å². The van der Waals surface area contributed by atoms with Crippen molar-refractivity contribution in [2.45, 2.75) is 38.2 Å². The molecule has 0 aliphatic heterocycles. The molecule has 84 valence electrons. The molecule has 1 fully saturated rings. The van der Waals surface area contributed by atoms with Gasteiger partial charge in [0, 0.05) is 13.1 Å². The summed E-state index contributed by atoms with van der Waals surface area (Å²) in [6.07, 6.45) is 4.65. The van der Waals surface area contributed by atoms with Gasteiger partial charge in [-0.25, -0.2) is 0 Å². The van der Waals surface area contributed by atoms with Gasteiger partial charge < -0.3 is 15.7 Å². The zero-order valence-corrected chi connectivity index (χ0v) is 9.50. The molecule has 1 unspecified atom stereocenters. The zero-order valence-electron chi connectivity index (χ0n) is 9.50. The van der Waals surface area contributed by atoms with E-state index in [1.54, 1.807) is 0 Å². The minimum atomic E-state index is -0.666. The second-order valence-corrected chi connectivity index (χ2v) is 5.01. The SMILES string of the molecule is CN(CCCC(C)(O)CN)CC1CC1. The van der Waals surface area contributed by atoms with E-state index >= 15 is 0 Å². The number of nitrogens with two attached hydrogens (primary N) is 1. The minimum absolute atomic E-state index is 0.360. The van der Waals surface area contributed by atoms with Crippen molar-refractivity contribution in [3.63, 3.8) is 0 Å². The Hall–Kier alpha value is -0.120. The van der Waals surface area contributed by atoms with Crippen LogP contribution in [0, 0.1) is 5.92 Å². The van der Waals surface area contributed by atoms with Crippen molar-refractivity contribution in [1.29, 1.82) is 0 Å². The van der Waals surface area contributed by atoms with E-state index in [0.717, 1.165) is 25.3 Å². The van der Waals surface area contributed by atoms with Crippen LogP contribution in [0.4, 0.5) is 0 Å². The molecule has 0 aromatic heterocycles. The molecule has 1 aliphatic rings. The van der Waals surface area contributed by atoms with Gasteiger partial charge in [-0.15, -0.1) is 0 Å². The van der Waals surface area contributed by atoms with Gasteiger partial charge in [0.2, 0.25) is 0 Å². The standard InChI is InChI=1S/C11H24N2O/c1-11(14,9-12)6-3-7-13(2)8-10-4-5-10/h10,14H,3-9,12H2,1-2H3. The van der Waals surface area contributed by atoms with Gasteiger partial charge in [-0.1, -0.05) is 0 Å². The smallest absolute Gasteiger partial charge is 0.0741 e. The van der Waals surface area contributed by atoms with Crippen molar-refractivity contribution in [2.24, 2.45) is 11.7 Å². The predicted molar refractivity (Wildman–Crippen MR) is 59.1 cm³/mol. The Morgan fingerprint density at radius 3 is 2.64 bits per heavy atom. The summed E-state index contributed by atoms with van der Waals surface area (Å²) in [5.41, 5.74) is 4.78. The first kappa shape index (κ1) is 12.0. The third kappa shape index (κ3) is 4.94. The first-order valence-corrected chi connectivity index (χ1v) is 5.64. The van der Waals surface area contributed by atoms with Crippen molar-refractivity contribution in [2.75, 3.05) is 26.7 Å². The highest BCUT2D eigenvalue weighted by Crippen LogP contribution is 2.29. The van der Waals surface area contributed by atoms with E-state index in [9.17, 15) is 5.11 Å². The Kier molecular flexibility index (Phi) is 4.35. The minimum Gasteiger partial charge on any atom is -0.389 e. The van der Waals surface area contributed by atoms with E-state index < -0.39 is 5.60 Å². The van der Waals surface area contributed by atoms with Gasteiger partial charge >= 0.3 is 0 Å². The van der Waals surface area contributed by atoms with E-state index in [-0.39, 0.29) is 0 Å². The van der Waals surface area contributed by atoms with Crippen LogP contribution < -0.4 is 5.73 Å². The van der Waals surface area contributed by atoms with Crippen LogP contribution in [0.5, 0.6) is 0 Å². The fourth-order valence-electron chi connectivity index (χ4n) is 1.66. The fraction of sp³-hybridized carbons (Fsp3) is 1.00. The number of rotatable bonds is 7. The third-order valence-electron chi connectivity index (χ3n) is 2.96. The maximum atomic E-state index is 9.69. The summed E-state index contributed by atoms with van der Waals surface area (Å²) in [7, 11) is 2.16. The highest BCUT2D eigenvalue weighted by molar-refractivity contribution is 4.77. The molecule has 1 atom stereocenters. The number of nitrogens with zero attached hydrogens (tertiary/aromatic N) is 1. The largest absolute Gasteiger partial charge is 0.389 e. The summed E-state index contributed by atoms with van der Waals surface area (Å²) in [4.78, 5) is 2.37. The van der Waals surface area contributed by atoms with Gasteiger partial charge in [0.15, 0.2) is 0 Å². The second-order valence-electron chi connectivity index (χ2n) is 5.01. The lowest BCUT2D eigenvalue weighted by Gasteiger charge is -2.23. The van der Waals surface area contributed by atoms with Gasteiger partial charge in [-0.3, -0.25) is 0 Å². The molecule has 0 bridgehead atoms. The van der Waals surface area contributed by atoms with Crippen LogP contribution in [-0.2, 0) is 0 Å². The molecule has 3 heteroatoms. The van der Waals surface area contributed by atoms with Crippen molar-refractivity contribution in [1.82, 2.24) is 4.90 Å². The van der Waals surface area contributed by atoms with Crippen LogP contribution in [-0.4, -0.2) is 42.3 Å². The molecule has 0 aromatic carbocycles. The maximum Gasteiger partial charge on any atom is 0.0741 e. The molecular formula is C11H24N2O. The number of aliphatic hydroxyl groups is 1. The third-order valence-corrected chi connectivity index (χ3v) is 2.96. The van der Waals surface area contributed by atoms with Gasteiger partial charge in [0.05, 0.1) is 5.60 Å². The quantitative estimate of drug-likeness (QED) is 0.639. The summed E-state index contributed by atoms with van der Waals surface area (Å²) in [6, 6.07) is 0. The molecule has 14 heavy (non-hydrogen) atoms. The van der Waals surface area contributed by atoms with Gasteiger partial charge in [-0.05, 0) is 52.1 Å². The van der Waals surface area contributed by atoms with Crippen LogP contribution >= 0.6 is 0 Å². The highest BCUT2D eigenvalue weighted by Gasteiger charge is 2.23. The van der Waals surface area contributed by atoms with Crippen molar-refractivity contribution in [3.8, 4) is 0 Å². The molecule has 0 saturated heterocycles. The molecule has 1 aliphatic carbocycles. The summed E-state index contributed by atoms with van der Waals surface area (Å²) in [6.45, 7) is 4.48. The molecule has 3 N–H and O–H groups in total. The fourth-order valence-corrected chi connectivity index (χ4v) is 1.66. The number of hydrogen-bond acceptors (Lipinski definition) is 3. The van der Waals surface area contributed by atoms with E-state index in [2.05, 4.69) is 11.9 Å². The van der Waals surface area contributed by atoms with Gasteiger partial charge in [-0.2, -0.15) is 0 Å². The molecule has 1 saturated carbocycles. The van der Waals surface area contributed by atoms with Gasteiger partial charge in [0.25, 0.3) is 0 Å². The first-order valence-electron chi connectivity index (χ1n) is 5.64. The normalized spacial score (nSPS) is 21.2. The first-order chi connectivity index (χ1) is 6.53. The van der Waals surface area contributed by atoms with Crippen molar-refractivity contribution in [3.05, 3.63) is 0 Å². The Morgan fingerprint density at radius 2 is 2.14 bits per heavy atom. The van der Waals surface area contributed by atoms with Crippen LogP contribution in [0.3, 0.4) is 0 Å². The average molecular weight is 200 g/mol. The molecule has 0 heterocycles. The number of hydrogen-bond donors (Lipinski definition) is 2. The Morgan fingerprint density at radius 1 is 1.50 bits per heavy atom. The van der Waals surface area contributed by atoms with Crippen LogP contribution in [0.15, 0.2) is 0 Å². The maximum absolute atomic E-state index is 9.69. The molecule has 3 nitrogen and oxygen atoms in total. The molecular weight excluding hydrogens is 176 g/mol. The monoisotopic (exact) mass is 200 g/mol. The summed E-state index contributed by atoms with van der Waals surface area (Å²) < 4.78 is 0. The van der Waals surface area contributed by atoms with Crippen LogP contribution in [0.2, 0.25) is 0 Å². The summed E-state index contributed by atoms with van der Waals surface area (Å²) >= 11 is 0. The Bertz CT molecular complexity index is 167. The lowest BCUT2D eigenvalue weighted by Crippen LogP contribution is -2.35. The van der Waals surface area contributed by atoms with Crippen molar-refractivity contribution >= 4 is 0 Å². The Balaban J connectivity index is 2.01. The van der Waals surface area contributed by atoms with E-state index in [0.29, 0.717) is 6.54 Å². The Labute approximate surface area is 87.3 Å². The molecule has 0 radical (unpaired) electrons. The lowest BCUT2D eigenvalue weighted by molar-refractivity contribution is 0.0551. The summed E-state index contributed by atoms with van der Waals surface area (Å²) in [5.74, 6) is 0.954. The molecule has 0 spiro atoms. The zero-order chi connectivity index (χ0) is 10.6. The topological polar surface area (TPSA) is 49.5 Å². The van der Waals surface area contributed by atoms with E-state index in [4.69, 9.17) is 5.73 Å². The molecule has 0 aromatic rings. The van der Waals surface area contributed by atoms with Crippen LogP contribution in [0.1, 0.15) is 32.6 Å². The van der Waals surface area contributed by atoms with E-state index in [1.165, 1.54) is 19.4 Å². The lowest BCUT2D eigenvalue weighted by atomic mass is 10.0. The average Bonchev–Trinajstić information content (AvgIpc) is 2.88. The second kappa shape index (κ2) is 5.10. The highest BCUT2D eigenvalue weighted by atomic mass is 16.3. The summed E-state index contributed by atoms with van der Waals surface area (Å²) in [5, 5.41) is 9.69. The predicted octanol–water partition coefficient (Wildman–Crippen LogP) is 0.818. The van der Waals surface area contributed by atoms with E-state index in [1.807, 2.05) is 6.92 Å². The van der Waals surface area contributed by atoms with Crippen molar-refractivity contribution < 1.29 is 5.11 Å².